The first kappa shape index (κ1) is 12.3. The lowest BCUT2D eigenvalue weighted by atomic mass is 10.2. The quantitative estimate of drug-likeness (QED) is 0.603. The highest BCUT2D eigenvalue weighted by Crippen LogP contribution is 2.33. The number of β-amino-alcohol motifs (C(OH)–C–C–N with tert-alkyl or cyclic N) is 1. The average Bonchev–Trinajstić information content (AvgIpc) is 2.71. The second-order valence-electron chi connectivity index (χ2n) is 4.14. The number of benzene rings is 1. The molecule has 1 saturated heterocycles. The van der Waals surface area contributed by atoms with Gasteiger partial charge >= 0.3 is 5.97 Å². The van der Waals surface area contributed by atoms with Crippen molar-refractivity contribution in [2.45, 2.75) is 18.6 Å². The standard InChI is InChI=1S/C11H12N2O5/c14-7-5-10(11(15)16)12(6-7)8-3-1-2-4-9(8)13(17)18/h1-4,7,10,14H,5-6H2,(H,15,16)/t7-,10+/m0/s1. The van der Waals surface area contributed by atoms with E-state index >= 15 is 0 Å². The minimum absolute atomic E-state index is 0.0708. The SMILES string of the molecule is O=C(O)[C@H]1C[C@H](O)CN1c1ccccc1[N+](=O)[O-]. The first-order valence-corrected chi connectivity index (χ1v) is 5.41. The van der Waals surface area contributed by atoms with Gasteiger partial charge in [-0.2, -0.15) is 0 Å². The van der Waals surface area contributed by atoms with Gasteiger partial charge in [-0.1, -0.05) is 12.1 Å². The molecule has 7 nitrogen and oxygen atoms in total. The molecule has 0 saturated carbocycles. The number of rotatable bonds is 3. The lowest BCUT2D eigenvalue weighted by Crippen LogP contribution is -2.36. The van der Waals surface area contributed by atoms with Crippen LogP contribution in [0.3, 0.4) is 0 Å². The second-order valence-corrected chi connectivity index (χ2v) is 4.14. The summed E-state index contributed by atoms with van der Waals surface area (Å²) in [6, 6.07) is 5.00. The smallest absolute Gasteiger partial charge is 0.326 e. The summed E-state index contributed by atoms with van der Waals surface area (Å²) in [5, 5.41) is 29.5. The zero-order valence-corrected chi connectivity index (χ0v) is 9.39. The van der Waals surface area contributed by atoms with Gasteiger partial charge in [0.25, 0.3) is 5.69 Å². The van der Waals surface area contributed by atoms with Crippen LogP contribution >= 0.6 is 0 Å². The number of hydrogen-bond donors (Lipinski definition) is 2. The van der Waals surface area contributed by atoms with Crippen LogP contribution in [0.5, 0.6) is 0 Å². The molecule has 1 aromatic rings. The second kappa shape index (κ2) is 4.61. The maximum Gasteiger partial charge on any atom is 0.326 e. The monoisotopic (exact) mass is 252 g/mol. The molecule has 7 heteroatoms. The lowest BCUT2D eigenvalue weighted by Gasteiger charge is -2.22. The Morgan fingerprint density at radius 3 is 2.72 bits per heavy atom. The maximum atomic E-state index is 11.1. The Balaban J connectivity index is 2.41. The summed E-state index contributed by atoms with van der Waals surface area (Å²) in [4.78, 5) is 22.8. The van der Waals surface area contributed by atoms with Crippen molar-refractivity contribution in [2.75, 3.05) is 11.4 Å². The fraction of sp³-hybridized carbons (Fsp3) is 0.364. The summed E-state index contributed by atoms with van der Waals surface area (Å²) in [5.41, 5.74) is 0.0734. The number of nitrogens with zero attached hydrogens (tertiary/aromatic N) is 2. The number of hydrogen-bond acceptors (Lipinski definition) is 5. The highest BCUT2D eigenvalue weighted by Gasteiger charge is 2.38. The summed E-state index contributed by atoms with van der Waals surface area (Å²) in [5.74, 6) is -1.09. The number of carbonyl (C=O) groups is 1. The summed E-state index contributed by atoms with van der Waals surface area (Å²) in [6.07, 6.45) is -0.715. The molecule has 0 radical (unpaired) electrons. The van der Waals surface area contributed by atoms with Crippen LogP contribution in [0, 0.1) is 10.1 Å². The maximum absolute atomic E-state index is 11.1. The molecule has 0 aliphatic carbocycles. The van der Waals surface area contributed by atoms with Gasteiger partial charge in [0.2, 0.25) is 0 Å². The van der Waals surface area contributed by atoms with Gasteiger partial charge < -0.3 is 15.1 Å². The fourth-order valence-electron chi connectivity index (χ4n) is 2.18. The first-order valence-electron chi connectivity index (χ1n) is 5.41. The number of nitro benzene ring substituents is 1. The molecular formula is C11H12N2O5. The van der Waals surface area contributed by atoms with E-state index in [2.05, 4.69) is 0 Å². The topological polar surface area (TPSA) is 104 Å². The van der Waals surface area contributed by atoms with Crippen molar-refractivity contribution < 1.29 is 19.9 Å². The number of aliphatic carboxylic acids is 1. The van der Waals surface area contributed by atoms with E-state index in [1.807, 2.05) is 0 Å². The van der Waals surface area contributed by atoms with E-state index in [-0.39, 0.29) is 24.3 Å². The number of aliphatic hydroxyl groups is 1. The Morgan fingerprint density at radius 2 is 2.11 bits per heavy atom. The molecule has 96 valence electrons. The predicted molar refractivity (Wildman–Crippen MR) is 62.5 cm³/mol. The van der Waals surface area contributed by atoms with Crippen LogP contribution in [-0.2, 0) is 4.79 Å². The Kier molecular flexibility index (Phi) is 3.15. The molecule has 2 rings (SSSR count). The number of carboxylic acid groups (broad SMARTS) is 1. The number of anilines is 1. The van der Waals surface area contributed by atoms with Crippen LogP contribution in [0.4, 0.5) is 11.4 Å². The van der Waals surface area contributed by atoms with E-state index in [0.29, 0.717) is 0 Å². The minimum atomic E-state index is -1.09. The molecule has 0 amide bonds. The van der Waals surface area contributed by atoms with Gasteiger partial charge in [0.1, 0.15) is 11.7 Å². The zero-order chi connectivity index (χ0) is 13.3. The molecule has 1 heterocycles. The van der Waals surface area contributed by atoms with Gasteiger partial charge in [0.15, 0.2) is 0 Å². The van der Waals surface area contributed by atoms with Gasteiger partial charge in [-0.15, -0.1) is 0 Å². The Labute approximate surface area is 102 Å². The molecule has 0 unspecified atom stereocenters. The normalized spacial score (nSPS) is 23.1. The van der Waals surface area contributed by atoms with E-state index in [1.165, 1.54) is 23.1 Å². The average molecular weight is 252 g/mol. The van der Waals surface area contributed by atoms with Crippen LogP contribution in [0.1, 0.15) is 6.42 Å². The molecule has 1 aliphatic heterocycles. The molecule has 1 fully saturated rings. The number of para-hydroxylation sites is 2. The number of carboxylic acids is 1. The van der Waals surface area contributed by atoms with Crippen LogP contribution in [0.2, 0.25) is 0 Å². The Hall–Kier alpha value is -2.15. The molecule has 0 bridgehead atoms. The van der Waals surface area contributed by atoms with E-state index in [1.54, 1.807) is 6.07 Å². The van der Waals surface area contributed by atoms with E-state index in [9.17, 15) is 20.0 Å². The Morgan fingerprint density at radius 1 is 1.44 bits per heavy atom. The third-order valence-corrected chi connectivity index (χ3v) is 2.95. The molecule has 0 spiro atoms. The molecule has 18 heavy (non-hydrogen) atoms. The molecule has 1 aliphatic rings. The van der Waals surface area contributed by atoms with Gasteiger partial charge in [-0.3, -0.25) is 10.1 Å². The van der Waals surface area contributed by atoms with Crippen molar-refractivity contribution in [1.29, 1.82) is 0 Å². The summed E-state index contributed by atoms with van der Waals surface area (Å²) in [6.45, 7) is 0.0851. The third kappa shape index (κ3) is 2.12. The number of aliphatic hydroxyl groups excluding tert-OH is 1. The van der Waals surface area contributed by atoms with Gasteiger partial charge in [0.05, 0.1) is 11.0 Å². The lowest BCUT2D eigenvalue weighted by molar-refractivity contribution is -0.384. The van der Waals surface area contributed by atoms with Crippen molar-refractivity contribution in [3.8, 4) is 0 Å². The third-order valence-electron chi connectivity index (χ3n) is 2.95. The summed E-state index contributed by atoms with van der Waals surface area (Å²) in [7, 11) is 0. The van der Waals surface area contributed by atoms with E-state index in [4.69, 9.17) is 5.11 Å². The van der Waals surface area contributed by atoms with Crippen LogP contribution < -0.4 is 4.90 Å². The molecule has 1 aromatic carbocycles. The predicted octanol–water partition coefficient (Wildman–Crippen LogP) is 0.619. The first-order chi connectivity index (χ1) is 8.50. The van der Waals surface area contributed by atoms with Gasteiger partial charge in [-0.25, -0.2) is 4.79 Å². The van der Waals surface area contributed by atoms with Crippen LogP contribution in [0.25, 0.3) is 0 Å². The summed E-state index contributed by atoms with van der Waals surface area (Å²) < 4.78 is 0. The van der Waals surface area contributed by atoms with E-state index < -0.39 is 23.0 Å². The number of nitro groups is 1. The summed E-state index contributed by atoms with van der Waals surface area (Å²) >= 11 is 0. The zero-order valence-electron chi connectivity index (χ0n) is 9.39. The fourth-order valence-corrected chi connectivity index (χ4v) is 2.18. The Bertz CT molecular complexity index is 490. The van der Waals surface area contributed by atoms with Crippen LogP contribution in [0.15, 0.2) is 24.3 Å². The molecule has 2 N–H and O–H groups in total. The van der Waals surface area contributed by atoms with Crippen molar-refractivity contribution in [3.05, 3.63) is 34.4 Å². The highest BCUT2D eigenvalue weighted by molar-refractivity contribution is 5.81. The highest BCUT2D eigenvalue weighted by atomic mass is 16.6. The van der Waals surface area contributed by atoms with Gasteiger partial charge in [-0.05, 0) is 6.07 Å². The molecular weight excluding hydrogens is 240 g/mol. The molecule has 2 atom stereocenters. The minimum Gasteiger partial charge on any atom is -0.480 e. The van der Waals surface area contributed by atoms with Crippen molar-refractivity contribution in [1.82, 2.24) is 0 Å². The van der Waals surface area contributed by atoms with Crippen molar-refractivity contribution in [3.63, 3.8) is 0 Å². The largest absolute Gasteiger partial charge is 0.480 e. The van der Waals surface area contributed by atoms with Crippen molar-refractivity contribution >= 4 is 17.3 Å². The molecule has 0 aromatic heterocycles. The van der Waals surface area contributed by atoms with E-state index in [0.717, 1.165) is 0 Å². The van der Waals surface area contributed by atoms with Crippen LogP contribution in [-0.4, -0.2) is 39.8 Å². The van der Waals surface area contributed by atoms with Crippen molar-refractivity contribution in [2.24, 2.45) is 0 Å². The van der Waals surface area contributed by atoms with Gasteiger partial charge in [0, 0.05) is 19.0 Å².